The second-order valence-electron chi connectivity index (χ2n) is 4.22. The minimum atomic E-state index is 0.760. The molecule has 12 heavy (non-hydrogen) atoms. The Morgan fingerprint density at radius 2 is 1.92 bits per heavy atom. The highest BCUT2D eigenvalue weighted by Crippen LogP contribution is 2.26. The van der Waals surface area contributed by atoms with Gasteiger partial charge >= 0.3 is 0 Å². The maximum atomic E-state index is 3.58. The molecule has 0 aromatic carbocycles. The van der Waals surface area contributed by atoms with E-state index < -0.39 is 0 Å². The van der Waals surface area contributed by atoms with Gasteiger partial charge in [-0.05, 0) is 38.1 Å². The molecule has 1 nitrogen and oxygen atoms in total. The summed E-state index contributed by atoms with van der Waals surface area (Å²) < 4.78 is 0. The molecule has 0 spiro atoms. The molecule has 1 saturated heterocycles. The molecule has 1 aliphatic heterocycles. The fourth-order valence-corrected chi connectivity index (χ4v) is 2.38. The van der Waals surface area contributed by atoms with Crippen molar-refractivity contribution in [3.05, 3.63) is 0 Å². The van der Waals surface area contributed by atoms with E-state index >= 15 is 0 Å². The lowest BCUT2D eigenvalue weighted by atomic mass is 9.81. The molecule has 2 atom stereocenters. The van der Waals surface area contributed by atoms with Gasteiger partial charge in [-0.3, -0.25) is 0 Å². The van der Waals surface area contributed by atoms with Gasteiger partial charge in [0.1, 0.15) is 0 Å². The molecule has 1 heterocycles. The van der Waals surface area contributed by atoms with Gasteiger partial charge in [-0.2, -0.15) is 0 Å². The third kappa shape index (κ3) is 2.48. The Hall–Kier alpha value is -0.0400. The van der Waals surface area contributed by atoms with Crippen molar-refractivity contribution < 1.29 is 0 Å². The quantitative estimate of drug-likeness (QED) is 0.685. The van der Waals surface area contributed by atoms with Crippen LogP contribution < -0.4 is 5.32 Å². The van der Waals surface area contributed by atoms with Crippen molar-refractivity contribution in [3.8, 4) is 0 Å². The third-order valence-corrected chi connectivity index (χ3v) is 3.41. The van der Waals surface area contributed by atoms with E-state index in [-0.39, 0.29) is 0 Å². The van der Waals surface area contributed by atoms with Gasteiger partial charge in [0.15, 0.2) is 0 Å². The van der Waals surface area contributed by atoms with E-state index in [9.17, 15) is 0 Å². The Kier molecular flexibility index (Phi) is 4.07. The molecule has 1 aliphatic rings. The normalized spacial score (nSPS) is 31.0. The van der Waals surface area contributed by atoms with E-state index in [1.165, 1.54) is 32.2 Å². The highest BCUT2D eigenvalue weighted by Gasteiger charge is 2.22. The van der Waals surface area contributed by atoms with Gasteiger partial charge < -0.3 is 5.32 Å². The average Bonchev–Trinajstić information content (AvgIpc) is 2.10. The summed E-state index contributed by atoms with van der Waals surface area (Å²) in [5, 5.41) is 3.58. The largest absolute Gasteiger partial charge is 0.314 e. The summed E-state index contributed by atoms with van der Waals surface area (Å²) in [7, 11) is 0. The van der Waals surface area contributed by atoms with Crippen LogP contribution in [0.4, 0.5) is 0 Å². The molecule has 72 valence electrons. The minimum Gasteiger partial charge on any atom is -0.314 e. The molecule has 0 aromatic heterocycles. The average molecular weight is 169 g/mol. The van der Waals surface area contributed by atoms with Crippen LogP contribution in [0.3, 0.4) is 0 Å². The lowest BCUT2D eigenvalue weighted by Crippen LogP contribution is -2.39. The zero-order valence-electron chi connectivity index (χ0n) is 8.77. The summed E-state index contributed by atoms with van der Waals surface area (Å²) in [6.45, 7) is 8.20. The molecule has 2 unspecified atom stereocenters. The third-order valence-electron chi connectivity index (χ3n) is 3.41. The molecule has 0 aromatic rings. The van der Waals surface area contributed by atoms with Gasteiger partial charge in [0.2, 0.25) is 0 Å². The number of piperidine rings is 1. The smallest absolute Gasteiger partial charge is 0.00389 e. The van der Waals surface area contributed by atoms with Crippen molar-refractivity contribution in [2.45, 2.75) is 52.5 Å². The first kappa shape index (κ1) is 10.0. The van der Waals surface area contributed by atoms with Crippen LogP contribution >= 0.6 is 0 Å². The fraction of sp³-hybridized carbons (Fsp3) is 1.00. The maximum absolute atomic E-state index is 3.58. The highest BCUT2D eigenvalue weighted by molar-refractivity contribution is 4.78. The van der Waals surface area contributed by atoms with E-state index in [1.54, 1.807) is 0 Å². The first-order valence-electron chi connectivity index (χ1n) is 5.51. The molecule has 1 rings (SSSR count). The van der Waals surface area contributed by atoms with Gasteiger partial charge in [-0.25, -0.2) is 0 Å². The summed E-state index contributed by atoms with van der Waals surface area (Å²) in [6.07, 6.45) is 5.54. The van der Waals surface area contributed by atoms with E-state index in [4.69, 9.17) is 0 Å². The molecular formula is C11H23N. The molecule has 1 N–H and O–H groups in total. The molecule has 0 aliphatic carbocycles. The Morgan fingerprint density at radius 1 is 1.25 bits per heavy atom. The van der Waals surface area contributed by atoms with Crippen LogP contribution in [0.15, 0.2) is 0 Å². The zero-order valence-corrected chi connectivity index (χ0v) is 8.77. The zero-order chi connectivity index (χ0) is 8.97. The van der Waals surface area contributed by atoms with Gasteiger partial charge in [0, 0.05) is 6.04 Å². The van der Waals surface area contributed by atoms with Gasteiger partial charge in [0.05, 0.1) is 0 Å². The van der Waals surface area contributed by atoms with Crippen LogP contribution in [0.25, 0.3) is 0 Å². The van der Waals surface area contributed by atoms with Gasteiger partial charge in [0.25, 0.3) is 0 Å². The standard InChI is InChI=1S/C11H23N/c1-4-10(5-2)11-7-6-9(3)12-8-11/h9-12H,4-8H2,1-3H3. The topological polar surface area (TPSA) is 12.0 Å². The summed E-state index contributed by atoms with van der Waals surface area (Å²) in [5.41, 5.74) is 0. The summed E-state index contributed by atoms with van der Waals surface area (Å²) in [4.78, 5) is 0. The van der Waals surface area contributed by atoms with Crippen LogP contribution in [0, 0.1) is 11.8 Å². The summed E-state index contributed by atoms with van der Waals surface area (Å²) in [6, 6.07) is 0.760. The van der Waals surface area contributed by atoms with Crippen molar-refractivity contribution in [2.24, 2.45) is 11.8 Å². The Morgan fingerprint density at radius 3 is 2.33 bits per heavy atom. The van der Waals surface area contributed by atoms with Crippen molar-refractivity contribution in [1.29, 1.82) is 0 Å². The first-order chi connectivity index (χ1) is 5.77. The monoisotopic (exact) mass is 169 g/mol. The molecule has 0 bridgehead atoms. The first-order valence-corrected chi connectivity index (χ1v) is 5.51. The fourth-order valence-electron chi connectivity index (χ4n) is 2.38. The number of nitrogens with one attached hydrogen (secondary N) is 1. The van der Waals surface area contributed by atoms with E-state index in [2.05, 4.69) is 26.1 Å². The van der Waals surface area contributed by atoms with Crippen molar-refractivity contribution in [3.63, 3.8) is 0 Å². The van der Waals surface area contributed by atoms with Gasteiger partial charge in [-0.1, -0.05) is 26.7 Å². The Balaban J connectivity index is 2.32. The lowest BCUT2D eigenvalue weighted by molar-refractivity contribution is 0.226. The van der Waals surface area contributed by atoms with Gasteiger partial charge in [-0.15, -0.1) is 0 Å². The number of rotatable bonds is 3. The van der Waals surface area contributed by atoms with E-state index in [0.717, 1.165) is 17.9 Å². The predicted molar refractivity (Wildman–Crippen MR) is 54.3 cm³/mol. The van der Waals surface area contributed by atoms with Crippen LogP contribution in [0.5, 0.6) is 0 Å². The second kappa shape index (κ2) is 4.86. The molecule has 0 saturated carbocycles. The predicted octanol–water partition coefficient (Wildman–Crippen LogP) is 2.81. The summed E-state index contributed by atoms with van der Waals surface area (Å²) >= 11 is 0. The van der Waals surface area contributed by atoms with Crippen LogP contribution in [0.2, 0.25) is 0 Å². The van der Waals surface area contributed by atoms with Crippen LogP contribution in [0.1, 0.15) is 46.5 Å². The van der Waals surface area contributed by atoms with Crippen molar-refractivity contribution >= 4 is 0 Å². The van der Waals surface area contributed by atoms with E-state index in [1.807, 2.05) is 0 Å². The Bertz CT molecular complexity index is 110. The molecule has 0 amide bonds. The lowest BCUT2D eigenvalue weighted by Gasteiger charge is -2.32. The van der Waals surface area contributed by atoms with Crippen molar-refractivity contribution in [1.82, 2.24) is 5.32 Å². The van der Waals surface area contributed by atoms with Crippen LogP contribution in [-0.4, -0.2) is 12.6 Å². The minimum absolute atomic E-state index is 0.760. The highest BCUT2D eigenvalue weighted by atomic mass is 14.9. The number of hydrogen-bond acceptors (Lipinski definition) is 1. The molecule has 1 fully saturated rings. The molecule has 1 heteroatoms. The van der Waals surface area contributed by atoms with Crippen molar-refractivity contribution in [2.75, 3.05) is 6.54 Å². The molecular weight excluding hydrogens is 146 g/mol. The number of hydrogen-bond donors (Lipinski definition) is 1. The second-order valence-corrected chi connectivity index (χ2v) is 4.22. The summed E-state index contributed by atoms with van der Waals surface area (Å²) in [5.74, 6) is 1.92. The van der Waals surface area contributed by atoms with E-state index in [0.29, 0.717) is 0 Å². The maximum Gasteiger partial charge on any atom is 0.00389 e. The van der Waals surface area contributed by atoms with Crippen LogP contribution in [-0.2, 0) is 0 Å². The molecule has 0 radical (unpaired) electrons. The SMILES string of the molecule is CCC(CC)C1CCC(C)NC1. The Labute approximate surface area is 76.9 Å².